The van der Waals surface area contributed by atoms with Crippen LogP contribution in [0.1, 0.15) is 5.56 Å². The van der Waals surface area contributed by atoms with E-state index in [0.717, 1.165) is 0 Å². The fourth-order valence-corrected chi connectivity index (χ4v) is 1.85. The zero-order valence-corrected chi connectivity index (χ0v) is 11.4. The van der Waals surface area contributed by atoms with E-state index in [1.54, 1.807) is 13.0 Å². The maximum atomic E-state index is 13.0. The molecule has 3 nitrogen and oxygen atoms in total. The van der Waals surface area contributed by atoms with E-state index in [2.05, 4.69) is 0 Å². The van der Waals surface area contributed by atoms with Gasteiger partial charge in [-0.05, 0) is 24.6 Å². The van der Waals surface area contributed by atoms with Gasteiger partial charge in [0.15, 0.2) is 6.61 Å². The van der Waals surface area contributed by atoms with Gasteiger partial charge in [-0.1, -0.05) is 12.1 Å². The normalized spacial score (nSPS) is 12.5. The lowest BCUT2D eigenvalue weighted by Gasteiger charge is -2.21. The highest BCUT2D eigenvalue weighted by Crippen LogP contribution is 2.37. The van der Waals surface area contributed by atoms with Gasteiger partial charge in [0, 0.05) is 6.20 Å². The highest BCUT2D eigenvalue weighted by Gasteiger charge is 2.58. The quantitative estimate of drug-likeness (QED) is 0.862. The third kappa shape index (κ3) is 3.15. The smallest absolute Gasteiger partial charge is 0.456 e. The van der Waals surface area contributed by atoms with Crippen LogP contribution in [0, 0.1) is 6.92 Å². The van der Waals surface area contributed by atoms with Gasteiger partial charge < -0.3 is 14.4 Å². The number of halogens is 5. The van der Waals surface area contributed by atoms with Crippen molar-refractivity contribution >= 4 is 0 Å². The molecule has 0 atom stereocenters. The van der Waals surface area contributed by atoms with Gasteiger partial charge in [0.1, 0.15) is 11.5 Å². The third-order valence-electron chi connectivity index (χ3n) is 2.96. The first-order valence-corrected chi connectivity index (χ1v) is 6.16. The number of hydrogen-bond donors (Lipinski definition) is 1. The zero-order chi connectivity index (χ0) is 16.5. The molecule has 0 saturated carbocycles. The van der Waals surface area contributed by atoms with E-state index < -0.39 is 18.7 Å². The predicted octanol–water partition coefficient (Wildman–Crippen LogP) is 4.07. The summed E-state index contributed by atoms with van der Waals surface area (Å²) in [6.45, 7) is -0.179. The van der Waals surface area contributed by atoms with Crippen LogP contribution in [-0.4, -0.2) is 28.4 Å². The summed E-state index contributed by atoms with van der Waals surface area (Å²) in [7, 11) is 0. The number of hydrogen-bond acceptors (Lipinski definition) is 2. The van der Waals surface area contributed by atoms with E-state index in [1.807, 2.05) is 0 Å². The fourth-order valence-electron chi connectivity index (χ4n) is 1.85. The van der Waals surface area contributed by atoms with Crippen LogP contribution in [0.4, 0.5) is 22.0 Å². The molecule has 0 aliphatic rings. The van der Waals surface area contributed by atoms with Crippen molar-refractivity contribution in [1.29, 1.82) is 0 Å². The minimum absolute atomic E-state index is 0.0742. The van der Waals surface area contributed by atoms with Crippen LogP contribution in [0.5, 0.6) is 11.5 Å². The van der Waals surface area contributed by atoms with Crippen molar-refractivity contribution < 1.29 is 31.8 Å². The molecule has 1 heterocycles. The van der Waals surface area contributed by atoms with Crippen LogP contribution in [0.15, 0.2) is 36.7 Å². The van der Waals surface area contributed by atoms with E-state index in [-0.39, 0.29) is 17.2 Å². The van der Waals surface area contributed by atoms with Crippen LogP contribution in [0.2, 0.25) is 0 Å². The van der Waals surface area contributed by atoms with E-state index in [0.29, 0.717) is 5.56 Å². The summed E-state index contributed by atoms with van der Waals surface area (Å²) in [5.41, 5.74) is 0.865. The average molecular weight is 321 g/mol. The highest BCUT2D eigenvalue weighted by molar-refractivity contribution is 5.53. The Labute approximate surface area is 122 Å². The number of nitrogens with zero attached hydrogens (tertiary/aromatic N) is 1. The Kier molecular flexibility index (Phi) is 4.04. The summed E-state index contributed by atoms with van der Waals surface area (Å²) in [6.07, 6.45) is -2.95. The lowest BCUT2D eigenvalue weighted by Crippen LogP contribution is -2.41. The van der Waals surface area contributed by atoms with Crippen LogP contribution in [0.25, 0.3) is 5.69 Å². The number of aromatic nitrogens is 1. The van der Waals surface area contributed by atoms with Gasteiger partial charge in [-0.2, -0.15) is 22.0 Å². The molecule has 2 aromatic rings. The zero-order valence-electron chi connectivity index (χ0n) is 11.4. The van der Waals surface area contributed by atoms with Crippen molar-refractivity contribution in [1.82, 2.24) is 4.57 Å². The first kappa shape index (κ1) is 16.1. The summed E-state index contributed by atoms with van der Waals surface area (Å²) in [5, 5.41) is 9.33. The van der Waals surface area contributed by atoms with E-state index in [9.17, 15) is 27.1 Å². The monoisotopic (exact) mass is 321 g/mol. The number of ether oxygens (including phenoxy) is 1. The molecule has 0 aliphatic carbocycles. The molecule has 1 aromatic heterocycles. The summed E-state index contributed by atoms with van der Waals surface area (Å²) in [5.74, 6) is -5.17. The molecule has 8 heteroatoms. The minimum Gasteiger partial charge on any atom is -0.506 e. The molecule has 0 aliphatic heterocycles. The summed E-state index contributed by atoms with van der Waals surface area (Å²) in [6, 6.07) is 5.75. The van der Waals surface area contributed by atoms with Gasteiger partial charge in [-0.15, -0.1) is 0 Å². The van der Waals surface area contributed by atoms with Gasteiger partial charge in [0.25, 0.3) is 0 Å². The molecule has 0 saturated heterocycles. The first-order chi connectivity index (χ1) is 10.1. The lowest BCUT2D eigenvalue weighted by molar-refractivity contribution is -0.290. The molecule has 0 bridgehead atoms. The third-order valence-corrected chi connectivity index (χ3v) is 2.96. The van der Waals surface area contributed by atoms with Crippen LogP contribution in [-0.2, 0) is 0 Å². The number of rotatable bonds is 4. The Hall–Kier alpha value is -2.25. The van der Waals surface area contributed by atoms with Crippen molar-refractivity contribution in [3.63, 3.8) is 0 Å². The minimum atomic E-state index is -5.68. The molecule has 0 amide bonds. The van der Waals surface area contributed by atoms with E-state index in [1.165, 1.54) is 35.2 Å². The second-order valence-electron chi connectivity index (χ2n) is 4.69. The Balaban J connectivity index is 2.31. The summed E-state index contributed by atoms with van der Waals surface area (Å²) in [4.78, 5) is 0. The van der Waals surface area contributed by atoms with Gasteiger partial charge in [-0.25, -0.2) is 0 Å². The van der Waals surface area contributed by atoms with Crippen molar-refractivity contribution in [2.24, 2.45) is 0 Å². The topological polar surface area (TPSA) is 34.4 Å². The molecule has 120 valence electrons. The second kappa shape index (κ2) is 5.51. The maximum Gasteiger partial charge on any atom is 0.456 e. The fraction of sp³-hybridized carbons (Fsp3) is 0.286. The summed E-state index contributed by atoms with van der Waals surface area (Å²) < 4.78 is 68.5. The van der Waals surface area contributed by atoms with Crippen molar-refractivity contribution in [3.8, 4) is 17.2 Å². The van der Waals surface area contributed by atoms with Crippen molar-refractivity contribution in [2.75, 3.05) is 6.61 Å². The van der Waals surface area contributed by atoms with Crippen LogP contribution < -0.4 is 4.74 Å². The SMILES string of the molecule is Cc1cccc(OCC(F)(F)C(F)(F)F)c1-n1ccc(O)c1. The highest BCUT2D eigenvalue weighted by atomic mass is 19.4. The maximum absolute atomic E-state index is 13.0. The Bertz CT molecular complexity index is 663. The Morgan fingerprint density at radius 2 is 1.82 bits per heavy atom. The average Bonchev–Trinajstić information content (AvgIpc) is 2.81. The van der Waals surface area contributed by atoms with Crippen LogP contribution >= 0.6 is 0 Å². The molecule has 0 radical (unpaired) electrons. The molecule has 0 unspecified atom stereocenters. The molecular weight excluding hydrogens is 309 g/mol. The molecular formula is C14H12F5NO2. The Morgan fingerprint density at radius 3 is 2.36 bits per heavy atom. The summed E-state index contributed by atoms with van der Waals surface area (Å²) >= 11 is 0. The van der Waals surface area contributed by atoms with Gasteiger partial charge >= 0.3 is 12.1 Å². The standard InChI is InChI=1S/C14H12F5NO2/c1-9-3-2-4-11(12(9)20-6-5-10(21)7-20)22-8-13(15,16)14(17,18)19/h2-7,21H,8H2,1H3. The largest absolute Gasteiger partial charge is 0.506 e. The number of para-hydroxylation sites is 1. The number of benzene rings is 1. The number of alkyl halides is 5. The van der Waals surface area contributed by atoms with E-state index in [4.69, 9.17) is 4.74 Å². The lowest BCUT2D eigenvalue weighted by atomic mass is 10.2. The second-order valence-corrected chi connectivity index (χ2v) is 4.69. The molecule has 22 heavy (non-hydrogen) atoms. The number of aromatic hydroxyl groups is 1. The van der Waals surface area contributed by atoms with Gasteiger partial charge in [-0.3, -0.25) is 0 Å². The molecule has 1 aromatic carbocycles. The number of aryl methyl sites for hydroxylation is 1. The molecule has 1 N–H and O–H groups in total. The predicted molar refractivity (Wildman–Crippen MR) is 68.7 cm³/mol. The molecule has 0 spiro atoms. The van der Waals surface area contributed by atoms with Gasteiger partial charge in [0.2, 0.25) is 0 Å². The Morgan fingerprint density at radius 1 is 1.14 bits per heavy atom. The van der Waals surface area contributed by atoms with Gasteiger partial charge in [0.05, 0.1) is 11.9 Å². The van der Waals surface area contributed by atoms with E-state index >= 15 is 0 Å². The van der Waals surface area contributed by atoms with Crippen molar-refractivity contribution in [2.45, 2.75) is 19.0 Å². The van der Waals surface area contributed by atoms with Crippen LogP contribution in [0.3, 0.4) is 0 Å². The van der Waals surface area contributed by atoms with Crippen molar-refractivity contribution in [3.05, 3.63) is 42.2 Å². The molecule has 2 rings (SSSR count). The first-order valence-electron chi connectivity index (χ1n) is 6.16. The molecule has 0 fully saturated rings.